The van der Waals surface area contributed by atoms with E-state index in [0.29, 0.717) is 23.9 Å². The van der Waals surface area contributed by atoms with Gasteiger partial charge in [0.25, 0.3) is 23.6 Å². The number of amides is 4. The summed E-state index contributed by atoms with van der Waals surface area (Å²) >= 11 is 0. The van der Waals surface area contributed by atoms with E-state index < -0.39 is 166 Å². The Balaban J connectivity index is 0.000000261. The molecule has 0 spiro atoms. The molecule has 4 aromatic rings. The van der Waals surface area contributed by atoms with Crippen molar-refractivity contribution in [1.29, 1.82) is 0 Å². The van der Waals surface area contributed by atoms with Crippen LogP contribution in [0, 0.1) is 11.6 Å². The molecule has 2 atom stereocenters. The van der Waals surface area contributed by atoms with Crippen LogP contribution in [0.15, 0.2) is 96.1 Å². The zero-order valence-corrected chi connectivity index (χ0v) is 49.0. The molecule has 0 radical (unpaired) electrons. The van der Waals surface area contributed by atoms with Gasteiger partial charge in [-0.25, -0.2) is 35.1 Å². The van der Waals surface area contributed by atoms with Crippen molar-refractivity contribution in [2.24, 2.45) is 0 Å². The summed E-state index contributed by atoms with van der Waals surface area (Å²) in [5.41, 5.74) is -14.2. The molecule has 8 rings (SSSR count). The molecule has 4 aromatic carbocycles. The molecule has 0 saturated heterocycles. The van der Waals surface area contributed by atoms with Crippen molar-refractivity contribution < 1.29 is 119 Å². The van der Waals surface area contributed by atoms with Crippen LogP contribution in [0.4, 0.5) is 61.5 Å². The number of sulfonamides is 2. The number of ether oxygens (including phenoxy) is 4. The number of methoxy groups -OCH3 is 2. The zero-order chi connectivity index (χ0) is 68.2. The number of rotatable bonds is 24. The monoisotopic (exact) mass is 1330 g/mol. The second-order valence-corrected chi connectivity index (χ2v) is 25.0. The van der Waals surface area contributed by atoms with Crippen LogP contribution in [0.2, 0.25) is 0 Å². The van der Waals surface area contributed by atoms with Crippen LogP contribution in [0.3, 0.4) is 0 Å². The summed E-state index contributed by atoms with van der Waals surface area (Å²) in [5, 5.41) is 1.33. The third-order valence-electron chi connectivity index (χ3n) is 14.5. The number of hydrogen-bond donors (Lipinski definition) is 4. The molecule has 0 bridgehead atoms. The second-order valence-electron chi connectivity index (χ2n) is 21.1. The first-order valence-corrected chi connectivity index (χ1v) is 30.5. The van der Waals surface area contributed by atoms with Gasteiger partial charge in [-0.05, 0) is 135 Å². The van der Waals surface area contributed by atoms with Gasteiger partial charge in [0, 0.05) is 51.6 Å². The van der Waals surface area contributed by atoms with Gasteiger partial charge in [0.05, 0.1) is 37.9 Å². The zero-order valence-electron chi connectivity index (χ0n) is 49.4. The number of hydrogen-bond acceptors (Lipinski definition) is 12. The summed E-state index contributed by atoms with van der Waals surface area (Å²) in [6.07, 6.45) is -25.7. The predicted molar refractivity (Wildman–Crippen MR) is 294 cm³/mol. The van der Waals surface area contributed by atoms with Crippen molar-refractivity contribution in [3.8, 4) is 23.0 Å². The average Bonchev–Trinajstić information content (AvgIpc) is 0.910. The highest BCUT2D eigenvalue weighted by atomic mass is 32.2. The van der Waals surface area contributed by atoms with Crippen molar-refractivity contribution in [2.75, 3.05) is 27.4 Å². The SMILES string of the molecule is COc1ccc(C2=C(C(=O)NS(=O)(=O)C3CC3)C(=O)NC(c3ccc(OCCCCCC(F)(F)F)cc3F)(C(F)(F)F)C2)cc1.[2H]C1([2H])C(c2ccc(OC)cc2)=C(C(=O)NS(=O)(=O)C2CC2)C(=O)N[C@@]1(c1ccc(OCCCCCC(F)(F)F)cc1F)C(F)(F)F. The lowest BCUT2D eigenvalue weighted by Crippen LogP contribution is -2.60. The minimum Gasteiger partial charge on any atom is -0.497 e. The van der Waals surface area contributed by atoms with E-state index in [1.807, 2.05) is 0 Å². The quantitative estimate of drug-likeness (QED) is 0.0292. The third-order valence-corrected chi connectivity index (χ3v) is 18.1. The Bertz CT molecular complexity index is 3710. The summed E-state index contributed by atoms with van der Waals surface area (Å²) in [7, 11) is -5.95. The van der Waals surface area contributed by atoms with Crippen LogP contribution >= 0.6 is 0 Å². The standard InChI is InChI=1S/2C29H29F7N2O6S/c2*1-43-18-7-5-17(6-8-18)21-16-27(29(34,35)36,37-25(39)24(21)26(40)38-45(41,42)20-10-11-20)22-12-9-19(15-23(22)30)44-14-4-2-3-13-28(31,32)33/h2*5-9,12,15,20H,2-4,10-11,13-14,16H2,1H3,(H,37,39)(H,38,40)/t27-;/m0./s1/i16D2;. The molecule has 1 unspecified atom stereocenters. The molecule has 4 amide bonds. The van der Waals surface area contributed by atoms with E-state index in [9.17, 15) is 75.5 Å². The molecule has 32 heteroatoms. The molecular weight excluding hydrogens is 1270 g/mol. The van der Waals surface area contributed by atoms with E-state index in [1.165, 1.54) is 55.9 Å². The van der Waals surface area contributed by atoms with Crippen LogP contribution in [0.25, 0.3) is 11.1 Å². The van der Waals surface area contributed by atoms with Crippen molar-refractivity contribution >= 4 is 54.8 Å². The van der Waals surface area contributed by atoms with Gasteiger partial charge in [0.2, 0.25) is 20.0 Å². The topological polar surface area (TPSA) is 222 Å². The van der Waals surface area contributed by atoms with Crippen molar-refractivity contribution in [1.82, 2.24) is 20.1 Å². The Kier molecular flexibility index (Phi) is 20.4. The van der Waals surface area contributed by atoms with Crippen LogP contribution in [0.1, 0.15) is 115 Å². The lowest BCUT2D eigenvalue weighted by atomic mass is 9.76. The molecular formula is C58H58F14N4O12S2. The Morgan fingerprint density at radius 2 is 0.889 bits per heavy atom. The van der Waals surface area contributed by atoms with E-state index in [2.05, 4.69) is 0 Å². The molecule has 2 heterocycles. The lowest BCUT2D eigenvalue weighted by Gasteiger charge is -2.41. The van der Waals surface area contributed by atoms with E-state index in [1.54, 1.807) is 14.8 Å². The normalized spacial score (nSPS) is 20.1. The summed E-state index contributed by atoms with van der Waals surface area (Å²) in [6, 6.07) is 14.1. The van der Waals surface area contributed by atoms with Crippen molar-refractivity contribution in [3.63, 3.8) is 0 Å². The summed E-state index contributed by atoms with van der Waals surface area (Å²) in [4.78, 5) is 53.2. The largest absolute Gasteiger partial charge is 0.497 e. The second kappa shape index (κ2) is 27.4. The fourth-order valence-corrected chi connectivity index (χ4v) is 12.1. The maximum absolute atomic E-state index is 15.6. The highest BCUT2D eigenvalue weighted by Gasteiger charge is 2.63. The Labute approximate surface area is 509 Å². The molecule has 2 fully saturated rings. The lowest BCUT2D eigenvalue weighted by molar-refractivity contribution is -0.202. The van der Waals surface area contributed by atoms with Gasteiger partial charge in [0.1, 0.15) is 45.8 Å². The number of carbonyl (C=O) groups excluding carboxylic acids is 4. The van der Waals surface area contributed by atoms with Crippen molar-refractivity contribution in [2.45, 2.75) is 136 Å². The molecule has 0 aromatic heterocycles. The molecule has 2 saturated carbocycles. The van der Waals surface area contributed by atoms with E-state index in [-0.39, 0.29) is 100 Å². The van der Waals surface area contributed by atoms with Crippen LogP contribution < -0.4 is 39.0 Å². The molecule has 2 aliphatic heterocycles. The number of unbranched alkanes of at least 4 members (excludes halogenated alkanes) is 4. The predicted octanol–water partition coefficient (Wildman–Crippen LogP) is 11.4. The smallest absolute Gasteiger partial charge is 0.416 e. The van der Waals surface area contributed by atoms with E-state index >= 15 is 22.0 Å². The fourth-order valence-electron chi connectivity index (χ4n) is 9.50. The minimum absolute atomic E-state index is 0.0425. The summed E-state index contributed by atoms with van der Waals surface area (Å²) < 4.78 is 287. The Hall–Kier alpha value is -7.64. The van der Waals surface area contributed by atoms with Gasteiger partial charge in [0.15, 0.2) is 11.1 Å². The van der Waals surface area contributed by atoms with Gasteiger partial charge in [-0.3, -0.25) is 19.2 Å². The first kappa shape index (κ1) is 66.8. The van der Waals surface area contributed by atoms with Crippen LogP contribution in [0.5, 0.6) is 23.0 Å². The van der Waals surface area contributed by atoms with E-state index in [0.717, 1.165) is 30.3 Å². The average molecular weight is 1340 g/mol. The van der Waals surface area contributed by atoms with Gasteiger partial charge in [-0.2, -0.15) is 52.7 Å². The highest BCUT2D eigenvalue weighted by Crippen LogP contribution is 2.52. The highest BCUT2D eigenvalue weighted by molar-refractivity contribution is 7.91. The third kappa shape index (κ3) is 17.0. The van der Waals surface area contributed by atoms with Gasteiger partial charge >= 0.3 is 24.7 Å². The number of halogens is 14. The van der Waals surface area contributed by atoms with E-state index in [4.69, 9.17) is 21.7 Å². The summed E-state index contributed by atoms with van der Waals surface area (Å²) in [5.74, 6) is -9.65. The first-order chi connectivity index (χ1) is 42.7. The maximum Gasteiger partial charge on any atom is 0.416 e. The molecule has 16 nitrogen and oxygen atoms in total. The Morgan fingerprint density at radius 3 is 1.24 bits per heavy atom. The number of nitrogens with one attached hydrogen (secondary N) is 4. The molecule has 90 heavy (non-hydrogen) atoms. The maximum atomic E-state index is 15.6. The minimum atomic E-state index is -5.77. The number of benzene rings is 4. The van der Waals surface area contributed by atoms with Gasteiger partial charge in [-0.1, -0.05) is 24.3 Å². The summed E-state index contributed by atoms with van der Waals surface area (Å²) in [6.45, 7) is -0.324. The molecule has 4 N–H and O–H groups in total. The van der Waals surface area contributed by atoms with Crippen LogP contribution in [-0.2, 0) is 50.3 Å². The number of carbonyl (C=O) groups is 4. The van der Waals surface area contributed by atoms with Crippen LogP contribution in [-0.4, -0.2) is 103 Å². The van der Waals surface area contributed by atoms with Crippen molar-refractivity contribution in [3.05, 3.63) is 130 Å². The number of alkyl halides is 12. The molecule has 2 aliphatic carbocycles. The molecule has 492 valence electrons. The Morgan fingerprint density at radius 1 is 0.533 bits per heavy atom. The van der Waals surface area contributed by atoms with Gasteiger partial charge in [-0.15, -0.1) is 0 Å². The fraction of sp³-hybridized carbons (Fsp3) is 0.448. The van der Waals surface area contributed by atoms with Gasteiger partial charge < -0.3 is 29.6 Å². The molecule has 4 aliphatic rings. The first-order valence-electron chi connectivity index (χ1n) is 28.4.